The first-order valence-corrected chi connectivity index (χ1v) is 12.1. The molecule has 26 heavy (non-hydrogen) atoms. The van der Waals surface area contributed by atoms with E-state index < -0.39 is 8.56 Å². The van der Waals surface area contributed by atoms with Gasteiger partial charge in [0, 0.05) is 5.39 Å². The number of benzene rings is 5. The number of rotatable bonds is 2. The minimum atomic E-state index is -0.995. The van der Waals surface area contributed by atoms with Crippen molar-refractivity contribution in [1.82, 2.24) is 0 Å². The van der Waals surface area contributed by atoms with Gasteiger partial charge in [0.2, 0.25) is 8.56 Å². The van der Waals surface area contributed by atoms with E-state index in [0.717, 1.165) is 5.75 Å². The van der Waals surface area contributed by atoms with Crippen LogP contribution in [0.2, 0.25) is 6.55 Å². The topological polar surface area (TPSA) is 9.23 Å². The van der Waals surface area contributed by atoms with Gasteiger partial charge in [-0.25, -0.2) is 0 Å². The Balaban J connectivity index is 1.89. The molecule has 1 nitrogen and oxygen atoms in total. The molecule has 3 heteroatoms. The maximum absolute atomic E-state index is 6.07. The van der Waals surface area contributed by atoms with Crippen molar-refractivity contribution in [3.05, 3.63) is 78.9 Å². The van der Waals surface area contributed by atoms with Crippen LogP contribution in [0.5, 0.6) is 5.75 Å². The lowest BCUT2D eigenvalue weighted by Crippen LogP contribution is -2.17. The summed E-state index contributed by atoms with van der Waals surface area (Å²) in [4.78, 5) is 0. The number of fused-ring (bicyclic) bond motifs is 5. The SMILES string of the molecule is C[Si]([Si])Oc1cccc2cc3ccc4cc5ccccc5cc4c3cc12. The van der Waals surface area contributed by atoms with Crippen LogP contribution in [0.1, 0.15) is 0 Å². The van der Waals surface area contributed by atoms with Crippen LogP contribution in [-0.4, -0.2) is 18.3 Å². The van der Waals surface area contributed by atoms with Gasteiger partial charge in [0.25, 0.3) is 0 Å². The fourth-order valence-electron chi connectivity index (χ4n) is 3.75. The van der Waals surface area contributed by atoms with Crippen LogP contribution in [0.3, 0.4) is 0 Å². The third-order valence-corrected chi connectivity index (χ3v) is 5.76. The highest BCUT2D eigenvalue weighted by Gasteiger charge is 2.09. The Kier molecular flexibility index (Phi) is 3.59. The molecule has 0 aromatic heterocycles. The summed E-state index contributed by atoms with van der Waals surface area (Å²) >= 11 is 0. The van der Waals surface area contributed by atoms with Crippen molar-refractivity contribution in [3.63, 3.8) is 0 Å². The summed E-state index contributed by atoms with van der Waals surface area (Å²) < 4.78 is 6.07. The van der Waals surface area contributed by atoms with Crippen molar-refractivity contribution in [2.75, 3.05) is 0 Å². The monoisotopic (exact) mass is 364 g/mol. The first-order chi connectivity index (χ1) is 12.7. The van der Waals surface area contributed by atoms with Crippen LogP contribution >= 0.6 is 0 Å². The van der Waals surface area contributed by atoms with E-state index in [1.54, 1.807) is 0 Å². The van der Waals surface area contributed by atoms with Gasteiger partial charge >= 0.3 is 0 Å². The molecule has 0 bridgehead atoms. The molecule has 0 saturated heterocycles. The van der Waals surface area contributed by atoms with E-state index in [0.29, 0.717) is 0 Å². The van der Waals surface area contributed by atoms with Crippen LogP contribution in [0.4, 0.5) is 0 Å². The maximum atomic E-state index is 6.07. The largest absolute Gasteiger partial charge is 0.546 e. The third kappa shape index (κ3) is 2.52. The van der Waals surface area contributed by atoms with E-state index in [9.17, 15) is 0 Å². The van der Waals surface area contributed by atoms with Crippen molar-refractivity contribution in [1.29, 1.82) is 0 Å². The summed E-state index contributed by atoms with van der Waals surface area (Å²) in [6, 6.07) is 28.4. The molecule has 0 fully saturated rings. The highest BCUT2D eigenvalue weighted by molar-refractivity contribution is 6.99. The third-order valence-electron chi connectivity index (χ3n) is 4.92. The molecular formula is C23H16OSi2. The Hall–Kier alpha value is -2.63. The Labute approximate surface area is 157 Å². The van der Waals surface area contributed by atoms with E-state index >= 15 is 0 Å². The fraction of sp³-hybridized carbons (Fsp3) is 0.0435. The summed E-state index contributed by atoms with van der Waals surface area (Å²) in [6.45, 7) is 2.09. The minimum Gasteiger partial charge on any atom is -0.546 e. The van der Waals surface area contributed by atoms with Gasteiger partial charge in [0.1, 0.15) is 5.75 Å². The zero-order chi connectivity index (χ0) is 17.7. The molecule has 0 heterocycles. The highest BCUT2D eigenvalue weighted by atomic mass is 29.2. The van der Waals surface area contributed by atoms with Gasteiger partial charge in [0.15, 0.2) is 0 Å². The van der Waals surface area contributed by atoms with Crippen molar-refractivity contribution >= 4 is 61.4 Å². The van der Waals surface area contributed by atoms with E-state index in [2.05, 4.69) is 95.2 Å². The maximum Gasteiger partial charge on any atom is 0.249 e. The Morgan fingerprint density at radius 2 is 1.19 bits per heavy atom. The van der Waals surface area contributed by atoms with Gasteiger partial charge in [-0.3, -0.25) is 0 Å². The second-order valence-electron chi connectivity index (χ2n) is 6.69. The molecule has 0 atom stereocenters. The molecule has 0 aliphatic carbocycles. The van der Waals surface area contributed by atoms with Gasteiger partial charge in [-0.15, -0.1) is 0 Å². The van der Waals surface area contributed by atoms with Crippen LogP contribution in [-0.2, 0) is 0 Å². The molecule has 122 valence electrons. The van der Waals surface area contributed by atoms with Gasteiger partial charge in [-0.05, 0) is 74.6 Å². The van der Waals surface area contributed by atoms with Crippen LogP contribution in [0.15, 0.2) is 78.9 Å². The Morgan fingerprint density at radius 1 is 0.615 bits per heavy atom. The molecule has 4 radical (unpaired) electrons. The molecule has 0 aliphatic rings. The zero-order valence-electron chi connectivity index (χ0n) is 14.4. The lowest BCUT2D eigenvalue weighted by molar-refractivity contribution is 0.600. The number of hydrogen-bond acceptors (Lipinski definition) is 1. The average molecular weight is 365 g/mol. The first-order valence-electron chi connectivity index (χ1n) is 8.70. The summed E-state index contributed by atoms with van der Waals surface area (Å²) in [5.41, 5.74) is 0. The van der Waals surface area contributed by atoms with Crippen molar-refractivity contribution in [2.45, 2.75) is 6.55 Å². The fourth-order valence-corrected chi connectivity index (χ4v) is 4.59. The van der Waals surface area contributed by atoms with Crippen molar-refractivity contribution in [3.8, 4) is 5.75 Å². The second-order valence-corrected chi connectivity index (χ2v) is 10.1. The highest BCUT2D eigenvalue weighted by Crippen LogP contribution is 2.35. The molecule has 0 aliphatic heterocycles. The van der Waals surface area contributed by atoms with Gasteiger partial charge in [-0.2, -0.15) is 0 Å². The van der Waals surface area contributed by atoms with Crippen LogP contribution < -0.4 is 4.43 Å². The summed E-state index contributed by atoms with van der Waals surface area (Å²) in [6.07, 6.45) is 0. The predicted molar refractivity (Wildman–Crippen MR) is 114 cm³/mol. The summed E-state index contributed by atoms with van der Waals surface area (Å²) in [5.74, 6) is 0.952. The summed E-state index contributed by atoms with van der Waals surface area (Å²) in [7, 11) is 2.65. The van der Waals surface area contributed by atoms with Crippen LogP contribution in [0.25, 0.3) is 43.1 Å². The smallest absolute Gasteiger partial charge is 0.249 e. The van der Waals surface area contributed by atoms with Crippen molar-refractivity contribution < 1.29 is 4.43 Å². The molecule has 0 saturated carbocycles. The van der Waals surface area contributed by atoms with Crippen molar-refractivity contribution in [2.24, 2.45) is 0 Å². The van der Waals surface area contributed by atoms with E-state index in [-0.39, 0.29) is 0 Å². The molecule has 0 N–H and O–H groups in total. The normalized spacial score (nSPS) is 11.8. The predicted octanol–water partition coefficient (Wildman–Crippen LogP) is 5.96. The van der Waals surface area contributed by atoms with E-state index in [1.165, 1.54) is 43.1 Å². The van der Waals surface area contributed by atoms with Gasteiger partial charge < -0.3 is 4.43 Å². The molecule has 0 amide bonds. The molecule has 5 aromatic rings. The summed E-state index contributed by atoms with van der Waals surface area (Å²) in [5, 5.41) is 10.0. The molecule has 5 aromatic carbocycles. The molecule has 5 rings (SSSR count). The van der Waals surface area contributed by atoms with E-state index in [1.807, 2.05) is 0 Å². The first kappa shape index (κ1) is 15.6. The lowest BCUT2D eigenvalue weighted by Gasteiger charge is -2.13. The molecule has 0 unspecified atom stereocenters. The van der Waals surface area contributed by atoms with Crippen LogP contribution in [0, 0.1) is 0 Å². The molecular weight excluding hydrogens is 348 g/mol. The Bertz CT molecular complexity index is 1290. The molecule has 0 spiro atoms. The quantitative estimate of drug-likeness (QED) is 0.213. The standard InChI is InChI=1S/C23H16OSi2/c1-26(25)24-23-8-4-7-17-12-19-10-9-18-11-15-5-2-3-6-16(15)13-20(18)21(19)14-22(17)23/h2-14H,1H3. The average Bonchev–Trinajstić information content (AvgIpc) is 2.65. The lowest BCUT2D eigenvalue weighted by atomic mass is 9.96. The van der Waals surface area contributed by atoms with E-state index in [4.69, 9.17) is 4.43 Å². The van der Waals surface area contributed by atoms with Gasteiger partial charge in [-0.1, -0.05) is 48.5 Å². The minimum absolute atomic E-state index is 0.952. The number of hydrogen-bond donors (Lipinski definition) is 0. The Morgan fingerprint density at radius 3 is 1.92 bits per heavy atom. The van der Waals surface area contributed by atoms with Gasteiger partial charge in [0.05, 0.1) is 9.76 Å². The second kappa shape index (κ2) is 5.97. The zero-order valence-corrected chi connectivity index (χ0v) is 16.4.